The summed E-state index contributed by atoms with van der Waals surface area (Å²) in [6, 6.07) is 0. The first-order chi connectivity index (χ1) is 6.29. The average molecular weight is 318 g/mol. The van der Waals surface area contributed by atoms with Gasteiger partial charge in [-0.2, -0.15) is 0 Å². The zero-order valence-corrected chi connectivity index (χ0v) is 8.59. The van der Waals surface area contributed by atoms with Gasteiger partial charge in [-0.3, -0.25) is 0 Å². The van der Waals surface area contributed by atoms with Gasteiger partial charge >= 0.3 is 11.9 Å². The minimum Gasteiger partial charge on any atom is -0.479 e. The Kier molecular flexibility index (Phi) is 7.79. The molecule has 0 aromatic rings. The van der Waals surface area contributed by atoms with Crippen LogP contribution in [0.4, 0.5) is 0 Å². The van der Waals surface area contributed by atoms with Crippen LogP contribution in [-0.4, -0.2) is 67.0 Å². The molecule has 4 unspecified atom stereocenters. The van der Waals surface area contributed by atoms with Crippen molar-refractivity contribution in [3.63, 3.8) is 0 Å². The minimum absolute atomic E-state index is 0. The molecule has 0 rings (SSSR count). The molecule has 0 heterocycles. The van der Waals surface area contributed by atoms with Crippen molar-refractivity contribution in [3.8, 4) is 0 Å². The van der Waals surface area contributed by atoms with E-state index in [9.17, 15) is 9.59 Å². The smallest absolute Gasteiger partial charge is 0.335 e. The number of hydrogen-bond acceptors (Lipinski definition) is 6. The van der Waals surface area contributed by atoms with E-state index in [2.05, 4.69) is 0 Å². The van der Waals surface area contributed by atoms with Gasteiger partial charge in [-0.15, -0.1) is 0 Å². The summed E-state index contributed by atoms with van der Waals surface area (Å²) >= 11 is 0. The number of carboxylic acids is 2. The van der Waals surface area contributed by atoms with Gasteiger partial charge < -0.3 is 30.6 Å². The zero-order chi connectivity index (χ0) is 11.5. The molecule has 4 atom stereocenters. The third kappa shape index (κ3) is 4.71. The SMILES string of the molecule is O=C(O)C(O)C(O)C(O)C(O)C(=O)O.[Ag]. The monoisotopic (exact) mass is 317 g/mol. The fourth-order valence-electron chi connectivity index (χ4n) is 0.666. The van der Waals surface area contributed by atoms with Crippen LogP contribution in [0.3, 0.4) is 0 Å². The molecular formula is C6H10AgO8. The molecule has 0 aliphatic carbocycles. The quantitative estimate of drug-likeness (QED) is 0.286. The molecule has 6 N–H and O–H groups in total. The first kappa shape index (κ1) is 16.9. The Morgan fingerprint density at radius 3 is 1.07 bits per heavy atom. The van der Waals surface area contributed by atoms with Crippen LogP contribution >= 0.6 is 0 Å². The molecule has 15 heavy (non-hydrogen) atoms. The van der Waals surface area contributed by atoms with Crippen LogP contribution in [-0.2, 0) is 32.0 Å². The summed E-state index contributed by atoms with van der Waals surface area (Å²) in [5.74, 6) is -3.68. The van der Waals surface area contributed by atoms with Crippen molar-refractivity contribution in [2.45, 2.75) is 24.4 Å². The van der Waals surface area contributed by atoms with Gasteiger partial charge in [-0.25, -0.2) is 9.59 Å². The van der Waals surface area contributed by atoms with Crippen molar-refractivity contribution >= 4 is 11.9 Å². The summed E-state index contributed by atoms with van der Waals surface area (Å²) in [7, 11) is 0. The zero-order valence-electron chi connectivity index (χ0n) is 7.11. The van der Waals surface area contributed by atoms with E-state index in [-0.39, 0.29) is 22.4 Å². The van der Waals surface area contributed by atoms with E-state index in [0.717, 1.165) is 0 Å². The van der Waals surface area contributed by atoms with Crippen molar-refractivity contribution in [1.29, 1.82) is 0 Å². The Labute approximate surface area is 99.3 Å². The summed E-state index contributed by atoms with van der Waals surface area (Å²) in [5.41, 5.74) is 0. The number of aliphatic hydroxyl groups excluding tert-OH is 4. The van der Waals surface area contributed by atoms with Crippen molar-refractivity contribution in [2.75, 3.05) is 0 Å². The molecule has 0 saturated heterocycles. The van der Waals surface area contributed by atoms with Gasteiger partial charge in [0.1, 0.15) is 12.2 Å². The molecule has 0 aromatic heterocycles. The fourth-order valence-corrected chi connectivity index (χ4v) is 0.666. The van der Waals surface area contributed by atoms with Crippen LogP contribution in [0.2, 0.25) is 0 Å². The maximum Gasteiger partial charge on any atom is 0.335 e. The van der Waals surface area contributed by atoms with Gasteiger partial charge in [0, 0.05) is 22.4 Å². The Morgan fingerprint density at radius 1 is 0.733 bits per heavy atom. The van der Waals surface area contributed by atoms with E-state index >= 15 is 0 Å². The predicted octanol–water partition coefficient (Wildman–Crippen LogP) is -3.40. The van der Waals surface area contributed by atoms with Crippen molar-refractivity contribution in [2.24, 2.45) is 0 Å². The summed E-state index contributed by atoms with van der Waals surface area (Å²) in [6.07, 6.45) is -9.28. The molecule has 0 aliphatic heterocycles. The van der Waals surface area contributed by atoms with Gasteiger partial charge in [0.15, 0.2) is 12.2 Å². The molecule has 0 amide bonds. The Hall–Kier alpha value is -0.480. The van der Waals surface area contributed by atoms with Gasteiger partial charge in [-0.05, 0) is 0 Å². The predicted molar refractivity (Wildman–Crippen MR) is 39.3 cm³/mol. The summed E-state index contributed by atoms with van der Waals surface area (Å²) < 4.78 is 0. The third-order valence-corrected chi connectivity index (χ3v) is 1.50. The Bertz CT molecular complexity index is 207. The van der Waals surface area contributed by atoms with Crippen LogP contribution < -0.4 is 0 Å². The number of aliphatic hydroxyl groups is 4. The topological polar surface area (TPSA) is 156 Å². The van der Waals surface area contributed by atoms with Gasteiger partial charge in [0.05, 0.1) is 0 Å². The Morgan fingerprint density at radius 2 is 0.933 bits per heavy atom. The second kappa shape index (κ2) is 6.90. The molecule has 0 aliphatic rings. The Balaban J connectivity index is 0. The van der Waals surface area contributed by atoms with Gasteiger partial charge in [0.25, 0.3) is 0 Å². The molecule has 93 valence electrons. The average Bonchev–Trinajstić information content (AvgIpc) is 2.12. The standard InChI is InChI=1S/C6H10O8.Ag/c7-1(3(9)5(11)12)2(8)4(10)6(13)14;/h1-4,7-10H,(H,11,12)(H,13,14);. The van der Waals surface area contributed by atoms with Crippen LogP contribution in [0.5, 0.6) is 0 Å². The molecule has 0 fully saturated rings. The third-order valence-electron chi connectivity index (χ3n) is 1.50. The van der Waals surface area contributed by atoms with Crippen LogP contribution in [0.25, 0.3) is 0 Å². The van der Waals surface area contributed by atoms with Crippen LogP contribution in [0.15, 0.2) is 0 Å². The molecule has 1 radical (unpaired) electrons. The number of carbonyl (C=O) groups is 2. The maximum atomic E-state index is 10.1. The van der Waals surface area contributed by atoms with Crippen molar-refractivity contribution in [3.05, 3.63) is 0 Å². The largest absolute Gasteiger partial charge is 0.479 e. The first-order valence-electron chi connectivity index (χ1n) is 3.47. The van der Waals surface area contributed by atoms with Crippen molar-refractivity contribution in [1.82, 2.24) is 0 Å². The number of aliphatic carboxylic acids is 2. The molecule has 9 heteroatoms. The van der Waals surface area contributed by atoms with E-state index in [4.69, 9.17) is 30.6 Å². The molecule has 0 spiro atoms. The molecule has 8 nitrogen and oxygen atoms in total. The number of carboxylic acid groups (broad SMARTS) is 2. The maximum absolute atomic E-state index is 10.1. The van der Waals surface area contributed by atoms with Crippen LogP contribution in [0, 0.1) is 0 Å². The van der Waals surface area contributed by atoms with E-state index in [1.165, 1.54) is 0 Å². The second-order valence-corrected chi connectivity index (χ2v) is 2.55. The molecular weight excluding hydrogens is 308 g/mol. The van der Waals surface area contributed by atoms with E-state index in [0.29, 0.717) is 0 Å². The van der Waals surface area contributed by atoms with Gasteiger partial charge in [0.2, 0.25) is 0 Å². The molecule has 0 saturated carbocycles. The molecule has 0 bridgehead atoms. The van der Waals surface area contributed by atoms with E-state index in [1.807, 2.05) is 0 Å². The van der Waals surface area contributed by atoms with Crippen LogP contribution in [0.1, 0.15) is 0 Å². The van der Waals surface area contributed by atoms with Gasteiger partial charge in [-0.1, -0.05) is 0 Å². The second-order valence-electron chi connectivity index (χ2n) is 2.55. The minimum atomic E-state index is -2.36. The fraction of sp³-hybridized carbons (Fsp3) is 0.667. The summed E-state index contributed by atoms with van der Waals surface area (Å²) in [5, 5.41) is 51.5. The van der Waals surface area contributed by atoms with E-state index < -0.39 is 36.4 Å². The summed E-state index contributed by atoms with van der Waals surface area (Å²) in [4.78, 5) is 20.2. The molecule has 0 aromatic carbocycles. The summed E-state index contributed by atoms with van der Waals surface area (Å²) in [6.45, 7) is 0. The normalized spacial score (nSPS) is 18.1. The van der Waals surface area contributed by atoms with E-state index in [1.54, 1.807) is 0 Å². The number of rotatable bonds is 5. The van der Waals surface area contributed by atoms with Crippen molar-refractivity contribution < 1.29 is 62.6 Å². The number of hydrogen-bond donors (Lipinski definition) is 6. The first-order valence-corrected chi connectivity index (χ1v) is 3.47.